The Morgan fingerprint density at radius 3 is 2.58 bits per heavy atom. The van der Waals surface area contributed by atoms with Crippen molar-refractivity contribution in [3.8, 4) is 11.5 Å². The summed E-state index contributed by atoms with van der Waals surface area (Å²) < 4.78 is 15.4. The molecule has 1 aliphatic heterocycles. The van der Waals surface area contributed by atoms with E-state index >= 15 is 0 Å². The van der Waals surface area contributed by atoms with E-state index < -0.39 is 0 Å². The molecule has 0 fully saturated rings. The van der Waals surface area contributed by atoms with Gasteiger partial charge in [-0.15, -0.1) is 0 Å². The summed E-state index contributed by atoms with van der Waals surface area (Å²) in [4.78, 5) is 11.4. The van der Waals surface area contributed by atoms with E-state index in [9.17, 15) is 4.79 Å². The third-order valence-corrected chi connectivity index (χ3v) is 3.40. The molecule has 5 nitrogen and oxygen atoms in total. The van der Waals surface area contributed by atoms with Crippen LogP contribution in [0.3, 0.4) is 0 Å². The first kappa shape index (κ1) is 13.7. The second-order valence-electron chi connectivity index (χ2n) is 4.44. The van der Waals surface area contributed by atoms with Gasteiger partial charge in [0.15, 0.2) is 11.5 Å². The molecule has 1 aromatic rings. The minimum Gasteiger partial charge on any atom is -0.493 e. The van der Waals surface area contributed by atoms with E-state index in [1.165, 1.54) is 12.7 Å². The van der Waals surface area contributed by atoms with Crippen molar-refractivity contribution in [1.82, 2.24) is 5.32 Å². The van der Waals surface area contributed by atoms with Crippen LogP contribution in [0.4, 0.5) is 0 Å². The molecule has 5 heteroatoms. The van der Waals surface area contributed by atoms with Crippen molar-refractivity contribution in [1.29, 1.82) is 0 Å². The van der Waals surface area contributed by atoms with Crippen LogP contribution in [-0.4, -0.2) is 33.8 Å². The molecule has 0 saturated carbocycles. The zero-order valence-electron chi connectivity index (χ0n) is 11.5. The van der Waals surface area contributed by atoms with Crippen molar-refractivity contribution >= 4 is 5.97 Å². The minimum atomic E-state index is -0.222. The lowest BCUT2D eigenvalue weighted by Crippen LogP contribution is -2.31. The highest BCUT2D eigenvalue weighted by atomic mass is 16.5. The first-order valence-electron chi connectivity index (χ1n) is 6.24. The number of carbonyl (C=O) groups is 1. The van der Waals surface area contributed by atoms with E-state index in [2.05, 4.69) is 5.32 Å². The fourth-order valence-electron chi connectivity index (χ4n) is 2.40. The van der Waals surface area contributed by atoms with Crippen LogP contribution >= 0.6 is 0 Å². The molecule has 0 unspecified atom stereocenters. The van der Waals surface area contributed by atoms with E-state index in [0.717, 1.165) is 24.3 Å². The number of fused-ring (bicyclic) bond motifs is 1. The Hall–Kier alpha value is -1.75. The van der Waals surface area contributed by atoms with Crippen molar-refractivity contribution in [3.63, 3.8) is 0 Å². The molecule has 0 bridgehead atoms. The second kappa shape index (κ2) is 5.93. The first-order valence-corrected chi connectivity index (χ1v) is 6.24. The second-order valence-corrected chi connectivity index (χ2v) is 4.44. The number of hydrogen-bond donors (Lipinski definition) is 1. The molecule has 104 valence electrons. The summed E-state index contributed by atoms with van der Waals surface area (Å²) in [5.41, 5.74) is 2.26. The number of benzene rings is 1. The van der Waals surface area contributed by atoms with Crippen molar-refractivity contribution in [2.45, 2.75) is 18.9 Å². The Morgan fingerprint density at radius 1 is 1.26 bits per heavy atom. The largest absolute Gasteiger partial charge is 0.493 e. The fraction of sp³-hybridized carbons (Fsp3) is 0.500. The third kappa shape index (κ3) is 2.81. The lowest BCUT2D eigenvalue weighted by molar-refractivity contribution is -0.141. The fourth-order valence-corrected chi connectivity index (χ4v) is 2.40. The number of carbonyl (C=O) groups excluding carboxylic acids is 1. The van der Waals surface area contributed by atoms with Gasteiger partial charge in [0, 0.05) is 6.04 Å². The smallest absolute Gasteiger partial charge is 0.307 e. The summed E-state index contributed by atoms with van der Waals surface area (Å²) in [7, 11) is 4.63. The standard InChI is InChI=1S/C14H19NO4/c1-17-12-6-9-4-5-15-11(8-14(16)19-3)10(9)7-13(12)18-2/h6-7,11,15H,4-5,8H2,1-3H3/t11-/m0/s1. The molecule has 1 heterocycles. The topological polar surface area (TPSA) is 56.8 Å². The zero-order valence-corrected chi connectivity index (χ0v) is 11.5. The predicted octanol–water partition coefficient (Wildman–Crippen LogP) is 1.45. The Morgan fingerprint density at radius 2 is 1.95 bits per heavy atom. The maximum absolute atomic E-state index is 11.4. The highest BCUT2D eigenvalue weighted by Crippen LogP contribution is 2.36. The molecule has 1 atom stereocenters. The van der Waals surface area contributed by atoms with Crippen molar-refractivity contribution in [3.05, 3.63) is 23.3 Å². The van der Waals surface area contributed by atoms with Gasteiger partial charge in [0.1, 0.15) is 0 Å². The Labute approximate surface area is 112 Å². The van der Waals surface area contributed by atoms with Gasteiger partial charge >= 0.3 is 5.97 Å². The molecular weight excluding hydrogens is 246 g/mol. The summed E-state index contributed by atoms with van der Waals surface area (Å²) >= 11 is 0. The van der Waals surface area contributed by atoms with Crippen LogP contribution in [0.5, 0.6) is 11.5 Å². The van der Waals surface area contributed by atoms with Gasteiger partial charge in [-0.05, 0) is 36.2 Å². The monoisotopic (exact) mass is 265 g/mol. The highest BCUT2D eigenvalue weighted by molar-refractivity contribution is 5.70. The zero-order chi connectivity index (χ0) is 13.8. The van der Waals surface area contributed by atoms with E-state index in [1.807, 2.05) is 12.1 Å². The molecule has 0 aromatic heterocycles. The lowest BCUT2D eigenvalue weighted by Gasteiger charge is -2.27. The van der Waals surface area contributed by atoms with Crippen LogP contribution in [0, 0.1) is 0 Å². The molecule has 0 aliphatic carbocycles. The maximum atomic E-state index is 11.4. The Balaban J connectivity index is 2.34. The minimum absolute atomic E-state index is 0.0315. The summed E-state index contributed by atoms with van der Waals surface area (Å²) in [5, 5.41) is 3.33. The van der Waals surface area contributed by atoms with E-state index in [1.54, 1.807) is 14.2 Å². The molecular formula is C14H19NO4. The number of hydrogen-bond acceptors (Lipinski definition) is 5. The molecule has 1 aromatic carbocycles. The van der Waals surface area contributed by atoms with Gasteiger partial charge in [-0.25, -0.2) is 0 Å². The third-order valence-electron chi connectivity index (χ3n) is 3.40. The quantitative estimate of drug-likeness (QED) is 0.835. The molecule has 0 saturated heterocycles. The number of rotatable bonds is 4. The van der Waals surface area contributed by atoms with Crippen LogP contribution in [0.2, 0.25) is 0 Å². The van der Waals surface area contributed by atoms with Crippen molar-refractivity contribution < 1.29 is 19.0 Å². The molecule has 0 radical (unpaired) electrons. The number of ether oxygens (including phenoxy) is 3. The van der Waals surface area contributed by atoms with Gasteiger partial charge in [-0.1, -0.05) is 0 Å². The van der Waals surface area contributed by atoms with Crippen LogP contribution in [-0.2, 0) is 16.0 Å². The average molecular weight is 265 g/mol. The van der Waals surface area contributed by atoms with Gasteiger partial charge in [0.05, 0.1) is 27.8 Å². The van der Waals surface area contributed by atoms with E-state index in [4.69, 9.17) is 14.2 Å². The normalized spacial score (nSPS) is 17.5. The number of nitrogens with one attached hydrogen (secondary N) is 1. The van der Waals surface area contributed by atoms with Crippen molar-refractivity contribution in [2.75, 3.05) is 27.9 Å². The molecule has 1 N–H and O–H groups in total. The van der Waals surface area contributed by atoms with Crippen molar-refractivity contribution in [2.24, 2.45) is 0 Å². The van der Waals surface area contributed by atoms with E-state index in [0.29, 0.717) is 12.2 Å². The number of methoxy groups -OCH3 is 3. The molecule has 1 aliphatic rings. The molecule has 19 heavy (non-hydrogen) atoms. The van der Waals surface area contributed by atoms with E-state index in [-0.39, 0.29) is 12.0 Å². The van der Waals surface area contributed by atoms with Gasteiger partial charge in [0.2, 0.25) is 0 Å². The summed E-state index contributed by atoms with van der Waals surface area (Å²) in [6.07, 6.45) is 1.23. The van der Waals surface area contributed by atoms with Gasteiger partial charge in [0.25, 0.3) is 0 Å². The van der Waals surface area contributed by atoms with Gasteiger partial charge < -0.3 is 19.5 Å². The summed E-state index contributed by atoms with van der Waals surface area (Å²) in [6, 6.07) is 3.89. The first-order chi connectivity index (χ1) is 9.19. The lowest BCUT2D eigenvalue weighted by atomic mass is 9.92. The Kier molecular flexibility index (Phi) is 4.27. The van der Waals surface area contributed by atoms with Crippen LogP contribution in [0.1, 0.15) is 23.6 Å². The SMILES string of the molecule is COC(=O)C[C@@H]1NCCc2cc(OC)c(OC)cc21. The van der Waals surface area contributed by atoms with Crippen LogP contribution in [0.15, 0.2) is 12.1 Å². The van der Waals surface area contributed by atoms with Gasteiger partial charge in [-0.2, -0.15) is 0 Å². The Bertz CT molecular complexity index is 473. The molecule has 0 spiro atoms. The van der Waals surface area contributed by atoms with Crippen LogP contribution in [0.25, 0.3) is 0 Å². The van der Waals surface area contributed by atoms with Crippen LogP contribution < -0.4 is 14.8 Å². The molecule has 0 amide bonds. The maximum Gasteiger partial charge on any atom is 0.307 e. The summed E-state index contributed by atoms with van der Waals surface area (Å²) in [6.45, 7) is 0.837. The number of esters is 1. The molecule has 2 rings (SSSR count). The predicted molar refractivity (Wildman–Crippen MR) is 70.6 cm³/mol. The van der Waals surface area contributed by atoms with Gasteiger partial charge in [-0.3, -0.25) is 4.79 Å². The average Bonchev–Trinajstić information content (AvgIpc) is 2.45. The highest BCUT2D eigenvalue weighted by Gasteiger charge is 2.24. The summed E-state index contributed by atoms with van der Waals surface area (Å²) in [5.74, 6) is 1.18.